The van der Waals surface area contributed by atoms with Crippen LogP contribution >= 0.6 is 12.8 Å². The average Bonchev–Trinajstić information content (AvgIpc) is 2.84. The van der Waals surface area contributed by atoms with Crippen molar-refractivity contribution < 1.29 is 24.0 Å². The maximum atomic E-state index is 13.3. The number of anilines is 2. The third-order valence-electron chi connectivity index (χ3n) is 4.75. The fraction of sp³-hybridized carbons (Fsp3) is 0.0870. The van der Waals surface area contributed by atoms with Crippen molar-refractivity contribution >= 4 is 47.8 Å². The molecular formula is C23H20N4O6S. The summed E-state index contributed by atoms with van der Waals surface area (Å²) in [4.78, 5) is 49.0. The number of nitro groups is 1. The van der Waals surface area contributed by atoms with Crippen LogP contribution in [0.1, 0.15) is 22.0 Å². The lowest BCUT2D eigenvalue weighted by molar-refractivity contribution is -0.383. The Bertz CT molecular complexity index is 1220. The molecule has 0 aromatic heterocycles. The topological polar surface area (TPSA) is 131 Å². The van der Waals surface area contributed by atoms with Crippen molar-refractivity contribution in [2.24, 2.45) is 0 Å². The van der Waals surface area contributed by atoms with Crippen LogP contribution in [0.2, 0.25) is 0 Å². The highest BCUT2D eigenvalue weighted by Crippen LogP contribution is 2.29. The van der Waals surface area contributed by atoms with E-state index < -0.39 is 28.9 Å². The maximum Gasteiger partial charge on any atom is 0.339 e. The van der Waals surface area contributed by atoms with Gasteiger partial charge in [0.25, 0.3) is 11.6 Å². The molecule has 0 radical (unpaired) electrons. The van der Waals surface area contributed by atoms with Crippen LogP contribution in [-0.2, 0) is 9.53 Å². The SMILES string of the molecule is COC(=O)c1ccccc1NC(=O)C(c1ccccc1)N(S)C(=O)Nc1ccccc1[N+](=O)[O-]. The number of amides is 3. The number of methoxy groups -OCH3 is 1. The summed E-state index contributed by atoms with van der Waals surface area (Å²) in [6, 6.07) is 18.0. The van der Waals surface area contributed by atoms with Crippen LogP contribution in [0.25, 0.3) is 0 Å². The number of carbonyl (C=O) groups excluding carboxylic acids is 3. The first-order valence-corrected chi connectivity index (χ1v) is 10.3. The van der Waals surface area contributed by atoms with Gasteiger partial charge in [0.15, 0.2) is 0 Å². The van der Waals surface area contributed by atoms with E-state index in [1.807, 2.05) is 0 Å². The molecule has 0 aliphatic rings. The van der Waals surface area contributed by atoms with Gasteiger partial charge in [-0.15, -0.1) is 0 Å². The van der Waals surface area contributed by atoms with Gasteiger partial charge in [-0.05, 0) is 23.8 Å². The Balaban J connectivity index is 1.92. The second kappa shape index (κ2) is 11.0. The zero-order chi connectivity index (χ0) is 24.7. The smallest absolute Gasteiger partial charge is 0.339 e. The molecule has 0 aliphatic heterocycles. The summed E-state index contributed by atoms with van der Waals surface area (Å²) < 4.78 is 5.57. The lowest BCUT2D eigenvalue weighted by atomic mass is 10.1. The zero-order valence-electron chi connectivity index (χ0n) is 17.9. The number of carbonyl (C=O) groups is 3. The summed E-state index contributed by atoms with van der Waals surface area (Å²) >= 11 is 4.24. The summed E-state index contributed by atoms with van der Waals surface area (Å²) in [6.45, 7) is 0. The van der Waals surface area contributed by atoms with Crippen molar-refractivity contribution in [3.05, 3.63) is 100 Å². The summed E-state index contributed by atoms with van der Waals surface area (Å²) in [5, 5.41) is 16.3. The largest absolute Gasteiger partial charge is 0.465 e. The number of benzene rings is 3. The summed E-state index contributed by atoms with van der Waals surface area (Å²) in [5.41, 5.74) is 0.356. The fourth-order valence-corrected chi connectivity index (χ4v) is 3.44. The second-order valence-corrected chi connectivity index (χ2v) is 7.32. The average molecular weight is 481 g/mol. The lowest BCUT2D eigenvalue weighted by Crippen LogP contribution is -2.38. The van der Waals surface area contributed by atoms with Crippen LogP contribution < -0.4 is 10.6 Å². The van der Waals surface area contributed by atoms with Gasteiger partial charge in [-0.25, -0.2) is 9.59 Å². The van der Waals surface area contributed by atoms with Crippen molar-refractivity contribution in [1.82, 2.24) is 4.31 Å². The molecule has 0 aliphatic carbocycles. The second-order valence-electron chi connectivity index (χ2n) is 6.89. The standard InChI is InChI=1S/C23H20N4O6S/c1-33-22(29)16-11-5-6-12-17(16)24-21(28)20(15-9-3-2-4-10-15)26(34)23(30)25-18-13-7-8-14-19(18)27(31)32/h2-14,20,34H,1H3,(H,24,28)(H,25,30). The molecule has 174 valence electrons. The van der Waals surface area contributed by atoms with Crippen LogP contribution in [0.15, 0.2) is 78.9 Å². The van der Waals surface area contributed by atoms with E-state index in [1.54, 1.807) is 42.5 Å². The number of ether oxygens (including phenoxy) is 1. The predicted molar refractivity (Wildman–Crippen MR) is 129 cm³/mol. The molecule has 0 saturated heterocycles. The Morgan fingerprint density at radius 3 is 2.15 bits per heavy atom. The van der Waals surface area contributed by atoms with E-state index in [4.69, 9.17) is 4.74 Å². The van der Waals surface area contributed by atoms with Gasteiger partial charge in [0.05, 0.1) is 23.3 Å². The first kappa shape index (κ1) is 24.3. The van der Waals surface area contributed by atoms with Crippen molar-refractivity contribution in [3.63, 3.8) is 0 Å². The molecule has 0 heterocycles. The zero-order valence-corrected chi connectivity index (χ0v) is 18.8. The Morgan fingerprint density at radius 2 is 1.50 bits per heavy atom. The molecule has 11 heteroatoms. The molecule has 0 fully saturated rings. The highest BCUT2D eigenvalue weighted by atomic mass is 32.1. The number of hydrogen-bond acceptors (Lipinski definition) is 7. The summed E-state index contributed by atoms with van der Waals surface area (Å²) in [7, 11) is 1.22. The van der Waals surface area contributed by atoms with Crippen molar-refractivity contribution in [3.8, 4) is 0 Å². The van der Waals surface area contributed by atoms with Gasteiger partial charge in [0, 0.05) is 6.07 Å². The van der Waals surface area contributed by atoms with Crippen LogP contribution in [0, 0.1) is 10.1 Å². The molecule has 1 atom stereocenters. The summed E-state index contributed by atoms with van der Waals surface area (Å²) in [5.74, 6) is -1.32. The molecule has 34 heavy (non-hydrogen) atoms. The highest BCUT2D eigenvalue weighted by molar-refractivity contribution is 7.78. The van der Waals surface area contributed by atoms with E-state index in [1.165, 1.54) is 43.5 Å². The number of urea groups is 1. The minimum Gasteiger partial charge on any atom is -0.465 e. The van der Waals surface area contributed by atoms with Crippen LogP contribution in [0.4, 0.5) is 21.9 Å². The molecule has 3 amide bonds. The summed E-state index contributed by atoms with van der Waals surface area (Å²) in [6.07, 6.45) is 0. The van der Waals surface area contributed by atoms with Gasteiger partial charge in [-0.2, -0.15) is 0 Å². The van der Waals surface area contributed by atoms with Gasteiger partial charge in [-0.1, -0.05) is 67.4 Å². The number of hydrogen-bond donors (Lipinski definition) is 3. The third-order valence-corrected chi connectivity index (χ3v) is 5.16. The van der Waals surface area contributed by atoms with E-state index >= 15 is 0 Å². The number of nitrogens with zero attached hydrogens (tertiary/aromatic N) is 2. The van der Waals surface area contributed by atoms with Gasteiger partial charge >= 0.3 is 12.0 Å². The van der Waals surface area contributed by atoms with Gasteiger partial charge in [0.1, 0.15) is 11.7 Å². The monoisotopic (exact) mass is 480 g/mol. The van der Waals surface area contributed by atoms with Crippen LogP contribution in [-0.4, -0.2) is 34.2 Å². The van der Waals surface area contributed by atoms with Gasteiger partial charge in [-0.3, -0.25) is 19.2 Å². The molecular weight excluding hydrogens is 460 g/mol. The lowest BCUT2D eigenvalue weighted by Gasteiger charge is -2.26. The van der Waals surface area contributed by atoms with Crippen molar-refractivity contribution in [1.29, 1.82) is 0 Å². The molecule has 2 N–H and O–H groups in total. The predicted octanol–water partition coefficient (Wildman–Crippen LogP) is 4.44. The molecule has 1 unspecified atom stereocenters. The Labute approximate surface area is 200 Å². The van der Waals surface area contributed by atoms with Crippen LogP contribution in [0.5, 0.6) is 0 Å². The molecule has 0 saturated carbocycles. The molecule has 3 aromatic carbocycles. The molecule has 0 bridgehead atoms. The van der Waals surface area contributed by atoms with E-state index in [-0.39, 0.29) is 22.6 Å². The first-order valence-electron chi connectivity index (χ1n) is 9.89. The quantitative estimate of drug-likeness (QED) is 0.198. The van der Waals surface area contributed by atoms with E-state index in [9.17, 15) is 24.5 Å². The number of para-hydroxylation sites is 3. The van der Waals surface area contributed by atoms with E-state index in [2.05, 4.69) is 23.4 Å². The van der Waals surface area contributed by atoms with Crippen molar-refractivity contribution in [2.75, 3.05) is 17.7 Å². The number of nitro benzene ring substituents is 1. The Hall–Kier alpha value is -4.38. The minimum atomic E-state index is -1.25. The number of esters is 1. The number of nitrogens with one attached hydrogen (secondary N) is 2. The number of rotatable bonds is 7. The van der Waals surface area contributed by atoms with E-state index in [0.29, 0.717) is 5.56 Å². The molecule has 10 nitrogen and oxygen atoms in total. The highest BCUT2D eigenvalue weighted by Gasteiger charge is 2.31. The molecule has 3 aromatic rings. The van der Waals surface area contributed by atoms with Crippen LogP contribution in [0.3, 0.4) is 0 Å². The Morgan fingerprint density at radius 1 is 0.912 bits per heavy atom. The Kier molecular flexibility index (Phi) is 7.83. The number of thiol groups is 1. The third kappa shape index (κ3) is 5.51. The van der Waals surface area contributed by atoms with Gasteiger partial charge < -0.3 is 15.4 Å². The van der Waals surface area contributed by atoms with E-state index in [0.717, 1.165) is 4.31 Å². The molecule has 0 spiro atoms. The normalized spacial score (nSPS) is 11.1. The first-order chi connectivity index (χ1) is 16.3. The van der Waals surface area contributed by atoms with Gasteiger partial charge in [0.2, 0.25) is 0 Å². The molecule has 3 rings (SSSR count). The minimum absolute atomic E-state index is 0.0557. The van der Waals surface area contributed by atoms with Crippen molar-refractivity contribution in [2.45, 2.75) is 6.04 Å². The fourth-order valence-electron chi connectivity index (χ4n) is 3.15. The maximum absolute atomic E-state index is 13.3.